The first-order valence-electron chi connectivity index (χ1n) is 7.81. The van der Waals surface area contributed by atoms with Gasteiger partial charge in [0, 0.05) is 17.5 Å². The molecule has 2 amide bonds. The van der Waals surface area contributed by atoms with Gasteiger partial charge in [0.25, 0.3) is 15.9 Å². The van der Waals surface area contributed by atoms with Gasteiger partial charge in [-0.15, -0.1) is 11.8 Å². The van der Waals surface area contributed by atoms with Crippen molar-refractivity contribution in [3.05, 3.63) is 53.1 Å². The summed E-state index contributed by atoms with van der Waals surface area (Å²) in [5.41, 5.74) is 5.71. The van der Waals surface area contributed by atoms with E-state index in [4.69, 9.17) is 22.2 Å². The maximum Gasteiger partial charge on any atom is 0.266 e. The van der Waals surface area contributed by atoms with Crippen LogP contribution in [0.15, 0.2) is 52.3 Å². The minimum atomic E-state index is -4.03. The van der Waals surface area contributed by atoms with Crippen LogP contribution in [0.3, 0.4) is 0 Å². The number of amides is 2. The van der Waals surface area contributed by atoms with Gasteiger partial charge in [-0.3, -0.25) is 14.4 Å². The van der Waals surface area contributed by atoms with Crippen molar-refractivity contribution in [1.82, 2.24) is 4.47 Å². The van der Waals surface area contributed by atoms with Crippen LogP contribution in [0, 0.1) is 0 Å². The number of hydrogen-bond acceptors (Lipinski definition) is 6. The van der Waals surface area contributed by atoms with E-state index in [2.05, 4.69) is 5.32 Å². The molecule has 150 valence electrons. The Balaban J connectivity index is 2.32. The summed E-state index contributed by atoms with van der Waals surface area (Å²) in [4.78, 5) is 28.8. The highest BCUT2D eigenvalue weighted by Gasteiger charge is 2.25. The third-order valence-electron chi connectivity index (χ3n) is 3.57. The fraction of sp³-hybridized carbons (Fsp3) is 0.176. The minimum Gasteiger partial charge on any atom is -0.369 e. The molecule has 0 aromatic heterocycles. The number of thioether (sulfide) groups is 1. The number of benzene rings is 2. The molecule has 11 heteroatoms. The van der Waals surface area contributed by atoms with Gasteiger partial charge in [-0.1, -0.05) is 28.2 Å². The van der Waals surface area contributed by atoms with Crippen LogP contribution in [-0.2, 0) is 19.7 Å². The molecule has 0 aliphatic heterocycles. The van der Waals surface area contributed by atoms with Crippen LogP contribution in [0.1, 0.15) is 10.4 Å². The van der Waals surface area contributed by atoms with Crippen molar-refractivity contribution in [3.8, 4) is 0 Å². The first kappa shape index (κ1) is 22.2. The maximum atomic E-state index is 12.6. The molecule has 28 heavy (non-hydrogen) atoms. The number of nitrogens with one attached hydrogen (secondary N) is 1. The lowest BCUT2D eigenvalue weighted by atomic mass is 10.2. The number of hydroxylamine groups is 1. The minimum absolute atomic E-state index is 0.0436. The van der Waals surface area contributed by atoms with Gasteiger partial charge in [-0.2, -0.15) is 0 Å². The van der Waals surface area contributed by atoms with E-state index in [1.54, 1.807) is 24.3 Å². The van der Waals surface area contributed by atoms with Gasteiger partial charge in [-0.25, -0.2) is 8.42 Å². The van der Waals surface area contributed by atoms with Gasteiger partial charge in [0.2, 0.25) is 5.91 Å². The number of nitrogens with two attached hydrogens (primary N) is 1. The number of nitrogens with zero attached hydrogens (tertiary/aromatic N) is 1. The summed E-state index contributed by atoms with van der Waals surface area (Å²) in [6.45, 7) is 0. The number of para-hydroxylation sites is 1. The normalized spacial score (nSPS) is 11.4. The Kier molecular flexibility index (Phi) is 7.44. The molecule has 0 bridgehead atoms. The summed E-state index contributed by atoms with van der Waals surface area (Å²) in [5.74, 6) is -0.971. The Labute approximate surface area is 172 Å². The number of sulfonamides is 1. The average molecular weight is 444 g/mol. The van der Waals surface area contributed by atoms with E-state index in [0.717, 1.165) is 0 Å². The Bertz CT molecular complexity index is 998. The molecule has 0 unspecified atom stereocenters. The highest BCUT2D eigenvalue weighted by Crippen LogP contribution is 2.29. The van der Waals surface area contributed by atoms with Crippen LogP contribution in [0.5, 0.6) is 0 Å². The highest BCUT2D eigenvalue weighted by molar-refractivity contribution is 8.00. The number of primary amides is 1. The molecule has 0 fully saturated rings. The predicted octanol–water partition coefficient (Wildman–Crippen LogP) is 2.35. The summed E-state index contributed by atoms with van der Waals surface area (Å²) in [5, 5.41) is 2.65. The topological polar surface area (TPSA) is 119 Å². The quantitative estimate of drug-likeness (QED) is 0.477. The molecular weight excluding hydrogens is 426 g/mol. The van der Waals surface area contributed by atoms with Crippen molar-refractivity contribution in [2.75, 3.05) is 25.2 Å². The number of halogens is 1. The number of anilines is 1. The van der Waals surface area contributed by atoms with E-state index in [9.17, 15) is 18.0 Å². The van der Waals surface area contributed by atoms with Crippen molar-refractivity contribution in [2.24, 2.45) is 5.73 Å². The van der Waals surface area contributed by atoms with E-state index < -0.39 is 21.8 Å². The molecular formula is C17H18ClN3O5S2. The third kappa shape index (κ3) is 5.24. The Morgan fingerprint density at radius 1 is 1.25 bits per heavy atom. The Morgan fingerprint density at radius 3 is 2.57 bits per heavy atom. The second-order valence-corrected chi connectivity index (χ2v) is 8.78. The molecule has 2 aromatic carbocycles. The van der Waals surface area contributed by atoms with Crippen LogP contribution in [0.2, 0.25) is 5.02 Å². The van der Waals surface area contributed by atoms with Crippen LogP contribution in [0.4, 0.5) is 5.69 Å². The molecule has 0 spiro atoms. The number of carbonyl (C=O) groups is 2. The monoisotopic (exact) mass is 443 g/mol. The molecule has 0 aliphatic carbocycles. The van der Waals surface area contributed by atoms with Crippen LogP contribution < -0.4 is 11.1 Å². The lowest BCUT2D eigenvalue weighted by molar-refractivity contribution is -0.115. The first-order valence-corrected chi connectivity index (χ1v) is 10.6. The smallest absolute Gasteiger partial charge is 0.266 e. The fourth-order valence-electron chi connectivity index (χ4n) is 2.12. The molecule has 2 aromatic rings. The summed E-state index contributed by atoms with van der Waals surface area (Å²) < 4.78 is 25.6. The average Bonchev–Trinajstić information content (AvgIpc) is 2.66. The van der Waals surface area contributed by atoms with E-state index in [1.807, 2.05) is 0 Å². The number of carbonyl (C=O) groups excluding carboxylic acids is 2. The van der Waals surface area contributed by atoms with Gasteiger partial charge in [0.1, 0.15) is 4.90 Å². The van der Waals surface area contributed by atoms with Crippen molar-refractivity contribution in [1.29, 1.82) is 0 Å². The van der Waals surface area contributed by atoms with E-state index in [-0.39, 0.29) is 21.2 Å². The van der Waals surface area contributed by atoms with Crippen LogP contribution in [-0.4, -0.2) is 44.6 Å². The number of rotatable bonds is 8. The SMILES string of the molecule is CON(C)S(=O)(=O)c1cc(C(=O)Nc2ccccc2SCC(N)=O)ccc1Cl. The molecule has 8 nitrogen and oxygen atoms in total. The zero-order valence-electron chi connectivity index (χ0n) is 15.0. The van der Waals surface area contributed by atoms with Gasteiger partial charge in [0.15, 0.2) is 0 Å². The predicted molar refractivity (Wildman–Crippen MR) is 108 cm³/mol. The molecule has 2 rings (SSSR count). The molecule has 0 aliphatic rings. The van der Waals surface area contributed by atoms with Crippen molar-refractivity contribution >= 4 is 50.9 Å². The Hall–Kier alpha value is -2.11. The largest absolute Gasteiger partial charge is 0.369 e. The molecule has 0 saturated heterocycles. The lowest BCUT2D eigenvalue weighted by Crippen LogP contribution is -2.26. The fourth-order valence-corrected chi connectivity index (χ4v) is 4.34. The van der Waals surface area contributed by atoms with Gasteiger partial charge in [-0.05, 0) is 30.3 Å². The molecule has 0 radical (unpaired) electrons. The summed E-state index contributed by atoms with van der Waals surface area (Å²) >= 11 is 7.18. The lowest BCUT2D eigenvalue weighted by Gasteiger charge is -2.16. The highest BCUT2D eigenvalue weighted by atomic mass is 35.5. The Morgan fingerprint density at radius 2 is 1.93 bits per heavy atom. The van der Waals surface area contributed by atoms with E-state index >= 15 is 0 Å². The van der Waals surface area contributed by atoms with Crippen LogP contribution in [0.25, 0.3) is 0 Å². The van der Waals surface area contributed by atoms with E-state index in [1.165, 1.54) is 44.1 Å². The first-order chi connectivity index (χ1) is 13.2. The molecule has 3 N–H and O–H groups in total. The van der Waals surface area contributed by atoms with Crippen LogP contribution >= 0.6 is 23.4 Å². The van der Waals surface area contributed by atoms with E-state index in [0.29, 0.717) is 15.1 Å². The van der Waals surface area contributed by atoms with Gasteiger partial charge >= 0.3 is 0 Å². The van der Waals surface area contributed by atoms with Crippen molar-refractivity contribution in [2.45, 2.75) is 9.79 Å². The van der Waals surface area contributed by atoms with Crippen molar-refractivity contribution < 1.29 is 22.8 Å². The molecule has 0 heterocycles. The molecule has 0 atom stereocenters. The van der Waals surface area contributed by atoms with Gasteiger partial charge < -0.3 is 11.1 Å². The number of hydrogen-bond donors (Lipinski definition) is 2. The summed E-state index contributed by atoms with van der Waals surface area (Å²) in [6, 6.07) is 10.8. The zero-order valence-corrected chi connectivity index (χ0v) is 17.4. The summed E-state index contributed by atoms with van der Waals surface area (Å²) in [6.07, 6.45) is 0. The maximum absolute atomic E-state index is 12.6. The standard InChI is InChI=1S/C17H18ClN3O5S2/c1-21(26-2)28(24,25)15-9-11(7-8-12(15)18)17(23)20-13-5-3-4-6-14(13)27-10-16(19)22/h3-9H,10H2,1-2H3,(H2,19,22)(H,20,23). The molecule has 0 saturated carbocycles. The second-order valence-electron chi connectivity index (χ2n) is 5.45. The summed E-state index contributed by atoms with van der Waals surface area (Å²) in [7, 11) is -1.62. The van der Waals surface area contributed by atoms with Gasteiger partial charge in [0.05, 0.1) is 23.6 Å². The zero-order chi connectivity index (χ0) is 20.9. The van der Waals surface area contributed by atoms with Crippen molar-refractivity contribution in [3.63, 3.8) is 0 Å². The third-order valence-corrected chi connectivity index (χ3v) is 6.83. The second kappa shape index (κ2) is 9.39.